The molecule has 0 aliphatic carbocycles. The molecule has 190 valence electrons. The monoisotopic (exact) mass is 475 g/mol. The number of amides is 2. The third-order valence-corrected chi connectivity index (χ3v) is 9.88. The summed E-state index contributed by atoms with van der Waals surface area (Å²) < 4.78 is 17.4. The number of rotatable bonds is 9. The fraction of sp³-hybridized carbons (Fsp3) is 0.913. The van der Waals surface area contributed by atoms with Gasteiger partial charge < -0.3 is 24.5 Å². The van der Waals surface area contributed by atoms with Crippen molar-refractivity contribution in [3.05, 3.63) is 0 Å². The number of hydrogen-bond acceptors (Lipinski definition) is 6. The van der Waals surface area contributed by atoms with Gasteiger partial charge >= 0.3 is 12.2 Å². The fourth-order valence-electron chi connectivity index (χ4n) is 2.41. The number of ether oxygens (including phenoxy) is 2. The van der Waals surface area contributed by atoms with E-state index in [0.717, 1.165) is 0 Å². The number of nitrogens with two attached hydrogens (primary N) is 1. The van der Waals surface area contributed by atoms with Gasteiger partial charge in [-0.25, -0.2) is 9.59 Å². The van der Waals surface area contributed by atoms with Crippen molar-refractivity contribution >= 4 is 20.5 Å². The third-order valence-electron chi connectivity index (χ3n) is 5.34. The van der Waals surface area contributed by atoms with Crippen LogP contribution in [0.15, 0.2) is 0 Å². The topological polar surface area (TPSA) is 94.3 Å². The lowest BCUT2D eigenvalue weighted by Gasteiger charge is -2.37. The molecule has 0 spiro atoms. The molecule has 0 radical (unpaired) electrons. The number of carbonyl (C=O) groups excluding carboxylic acids is 2. The van der Waals surface area contributed by atoms with E-state index in [1.54, 1.807) is 4.90 Å². The summed E-state index contributed by atoms with van der Waals surface area (Å²) in [6.07, 6.45) is -0.868. The minimum absolute atomic E-state index is 0.0746. The molecule has 0 aliphatic rings. The lowest BCUT2D eigenvalue weighted by molar-refractivity contribution is 0.00568. The van der Waals surface area contributed by atoms with Crippen LogP contribution in [0, 0.1) is 0 Å². The van der Waals surface area contributed by atoms with Crippen LogP contribution in [0.25, 0.3) is 0 Å². The Labute approximate surface area is 197 Å². The van der Waals surface area contributed by atoms with Crippen molar-refractivity contribution in [2.75, 3.05) is 26.2 Å². The van der Waals surface area contributed by atoms with Gasteiger partial charge in [-0.1, -0.05) is 27.7 Å². The molecule has 2 N–H and O–H groups in total. The van der Waals surface area contributed by atoms with Crippen molar-refractivity contribution in [3.63, 3.8) is 0 Å². The standard InChI is InChI=1S/C23H49N3O5Si/c1-13-18(24)26(20(28)31-22(5,6)7)15-14-25(19(27)30-21(2,3)4)16-17-29-32(11,12)23(8,9)10/h18H,13-17,24H2,1-12H3/t18-/m1/s1. The van der Waals surface area contributed by atoms with Crippen LogP contribution in [0.1, 0.15) is 75.7 Å². The molecule has 32 heavy (non-hydrogen) atoms. The predicted molar refractivity (Wildman–Crippen MR) is 132 cm³/mol. The Hall–Kier alpha value is -1.32. The molecule has 2 amide bonds. The summed E-state index contributed by atoms with van der Waals surface area (Å²) in [5, 5.41) is 0.0746. The fourth-order valence-corrected chi connectivity index (χ4v) is 3.44. The average molecular weight is 476 g/mol. The second kappa shape index (κ2) is 11.7. The molecule has 0 unspecified atom stereocenters. The van der Waals surface area contributed by atoms with Crippen LogP contribution in [-0.2, 0) is 13.9 Å². The van der Waals surface area contributed by atoms with Crippen molar-refractivity contribution in [1.82, 2.24) is 9.80 Å². The molecular weight excluding hydrogens is 426 g/mol. The first kappa shape index (κ1) is 30.7. The molecule has 0 saturated heterocycles. The second-order valence-electron chi connectivity index (χ2n) is 11.7. The van der Waals surface area contributed by atoms with Gasteiger partial charge in [0.15, 0.2) is 8.32 Å². The Morgan fingerprint density at radius 1 is 0.844 bits per heavy atom. The van der Waals surface area contributed by atoms with Gasteiger partial charge in [-0.3, -0.25) is 4.90 Å². The first-order chi connectivity index (χ1) is 14.2. The van der Waals surface area contributed by atoms with E-state index < -0.39 is 37.9 Å². The zero-order chi connectivity index (χ0) is 25.5. The van der Waals surface area contributed by atoms with Crippen molar-refractivity contribution in [1.29, 1.82) is 0 Å². The second-order valence-corrected chi connectivity index (χ2v) is 16.5. The largest absolute Gasteiger partial charge is 0.444 e. The van der Waals surface area contributed by atoms with Gasteiger partial charge in [-0.05, 0) is 66.1 Å². The van der Waals surface area contributed by atoms with Gasteiger partial charge in [-0.2, -0.15) is 0 Å². The van der Waals surface area contributed by atoms with Gasteiger partial charge in [0.2, 0.25) is 0 Å². The summed E-state index contributed by atoms with van der Waals surface area (Å²) in [7, 11) is -1.95. The minimum Gasteiger partial charge on any atom is -0.444 e. The summed E-state index contributed by atoms with van der Waals surface area (Å²) in [6, 6.07) is 0. The molecule has 0 rings (SSSR count). The molecule has 0 saturated carbocycles. The summed E-state index contributed by atoms with van der Waals surface area (Å²) in [4.78, 5) is 28.6. The van der Waals surface area contributed by atoms with Gasteiger partial charge in [0.05, 0.1) is 12.8 Å². The van der Waals surface area contributed by atoms with Gasteiger partial charge in [-0.15, -0.1) is 0 Å². The maximum absolute atomic E-state index is 12.9. The third kappa shape index (κ3) is 11.5. The number of nitrogens with zero attached hydrogens (tertiary/aromatic N) is 2. The van der Waals surface area contributed by atoms with E-state index in [2.05, 4.69) is 33.9 Å². The molecule has 0 bridgehead atoms. The normalized spacial score (nSPS) is 14.0. The van der Waals surface area contributed by atoms with Crippen molar-refractivity contribution < 1.29 is 23.5 Å². The minimum atomic E-state index is -1.95. The molecule has 0 aromatic heterocycles. The van der Waals surface area contributed by atoms with E-state index in [-0.39, 0.29) is 18.1 Å². The smallest absolute Gasteiger partial charge is 0.411 e. The van der Waals surface area contributed by atoms with Gasteiger partial charge in [0.25, 0.3) is 0 Å². The predicted octanol–water partition coefficient (Wildman–Crippen LogP) is 5.18. The maximum Gasteiger partial charge on any atom is 0.411 e. The van der Waals surface area contributed by atoms with E-state index in [0.29, 0.717) is 19.6 Å². The molecule has 0 aromatic carbocycles. The highest BCUT2D eigenvalue weighted by Gasteiger charge is 2.37. The Kier molecular flexibility index (Phi) is 11.2. The van der Waals surface area contributed by atoms with Crippen molar-refractivity contribution in [2.45, 2.75) is 111 Å². The van der Waals surface area contributed by atoms with Crippen LogP contribution in [-0.4, -0.2) is 73.9 Å². The van der Waals surface area contributed by atoms with E-state index in [1.807, 2.05) is 48.5 Å². The average Bonchev–Trinajstić information content (AvgIpc) is 2.55. The maximum atomic E-state index is 12.9. The highest BCUT2D eigenvalue weighted by Crippen LogP contribution is 2.36. The van der Waals surface area contributed by atoms with Crippen molar-refractivity contribution in [2.24, 2.45) is 5.73 Å². The van der Waals surface area contributed by atoms with Crippen LogP contribution in [0.3, 0.4) is 0 Å². The van der Waals surface area contributed by atoms with E-state index in [4.69, 9.17) is 19.6 Å². The summed E-state index contributed by atoms with van der Waals surface area (Å²) >= 11 is 0. The van der Waals surface area contributed by atoms with Gasteiger partial charge in [0.1, 0.15) is 11.2 Å². The highest BCUT2D eigenvalue weighted by atomic mass is 28.4. The number of hydrogen-bond donors (Lipinski definition) is 1. The Morgan fingerprint density at radius 2 is 1.31 bits per heavy atom. The lowest BCUT2D eigenvalue weighted by atomic mass is 10.2. The van der Waals surface area contributed by atoms with E-state index in [1.165, 1.54) is 4.90 Å². The molecule has 9 heteroatoms. The Balaban J connectivity index is 5.39. The van der Waals surface area contributed by atoms with Crippen LogP contribution in [0.2, 0.25) is 18.1 Å². The van der Waals surface area contributed by atoms with E-state index >= 15 is 0 Å². The van der Waals surface area contributed by atoms with Crippen LogP contribution < -0.4 is 5.73 Å². The first-order valence-corrected chi connectivity index (χ1v) is 14.5. The molecule has 0 fully saturated rings. The molecular formula is C23H49N3O5Si. The molecule has 0 heterocycles. The molecule has 0 aliphatic heterocycles. The summed E-state index contributed by atoms with van der Waals surface area (Å²) in [5.41, 5.74) is 4.92. The molecule has 1 atom stereocenters. The van der Waals surface area contributed by atoms with Crippen LogP contribution in [0.4, 0.5) is 9.59 Å². The molecule has 0 aromatic rings. The van der Waals surface area contributed by atoms with Crippen molar-refractivity contribution in [3.8, 4) is 0 Å². The van der Waals surface area contributed by atoms with E-state index in [9.17, 15) is 9.59 Å². The molecule has 8 nitrogen and oxygen atoms in total. The quantitative estimate of drug-likeness (QED) is 0.365. The van der Waals surface area contributed by atoms with Gasteiger partial charge in [0, 0.05) is 19.6 Å². The first-order valence-electron chi connectivity index (χ1n) is 11.6. The zero-order valence-corrected chi connectivity index (χ0v) is 23.6. The van der Waals surface area contributed by atoms with Crippen LogP contribution in [0.5, 0.6) is 0 Å². The Bertz CT molecular complexity index is 606. The summed E-state index contributed by atoms with van der Waals surface area (Å²) in [6.45, 7) is 25.0. The zero-order valence-electron chi connectivity index (χ0n) is 22.6. The Morgan fingerprint density at radius 3 is 1.72 bits per heavy atom. The number of carbonyl (C=O) groups is 2. The summed E-state index contributed by atoms with van der Waals surface area (Å²) in [5.74, 6) is 0. The SMILES string of the molecule is CC[C@H](N)N(CCN(CCO[Si](C)(C)C(C)(C)C)C(=O)OC(C)(C)C)C(=O)OC(C)(C)C. The van der Waals surface area contributed by atoms with Crippen LogP contribution >= 0.6 is 0 Å². The lowest BCUT2D eigenvalue weighted by Crippen LogP contribution is -2.52. The highest BCUT2D eigenvalue weighted by molar-refractivity contribution is 6.74.